The van der Waals surface area contributed by atoms with Gasteiger partial charge >= 0.3 is 11.7 Å². The highest BCUT2D eigenvalue weighted by atomic mass is 32.2. The maximum Gasteiger partial charge on any atom is 0.426 e. The SMILES string of the molecule is COc1cc(N=Nc2cc(C(=O)O)c(O)c(S(=O)(=O)O)c2)c(C)cc1[N+]#N. The molecule has 2 rings (SSSR count). The molecule has 0 aromatic heterocycles. The zero-order valence-electron chi connectivity index (χ0n) is 14.0. The third-order valence-corrected chi connectivity index (χ3v) is 4.31. The van der Waals surface area contributed by atoms with Gasteiger partial charge in [-0.05, 0) is 24.6 Å². The third-order valence-electron chi connectivity index (χ3n) is 3.45. The fourth-order valence-corrected chi connectivity index (χ4v) is 2.76. The van der Waals surface area contributed by atoms with Crippen molar-refractivity contribution in [1.29, 1.82) is 5.39 Å². The Morgan fingerprint density at radius 2 is 1.89 bits per heavy atom. The van der Waals surface area contributed by atoms with E-state index in [1.54, 1.807) is 6.92 Å². The minimum atomic E-state index is -4.90. The first-order valence-corrected chi connectivity index (χ1v) is 8.55. The highest BCUT2D eigenvalue weighted by Gasteiger charge is 2.23. The van der Waals surface area contributed by atoms with Crippen molar-refractivity contribution in [2.45, 2.75) is 11.8 Å². The predicted octanol–water partition coefficient (Wildman–Crippen LogP) is 3.55. The fourth-order valence-electron chi connectivity index (χ4n) is 2.13. The molecule has 0 unspecified atom stereocenters. The number of carboxylic acid groups (broad SMARTS) is 1. The van der Waals surface area contributed by atoms with E-state index in [0.717, 1.165) is 12.1 Å². The van der Waals surface area contributed by atoms with E-state index in [1.807, 2.05) is 0 Å². The lowest BCUT2D eigenvalue weighted by Crippen LogP contribution is -2.04. The van der Waals surface area contributed by atoms with Gasteiger partial charge < -0.3 is 14.9 Å². The van der Waals surface area contributed by atoms with E-state index in [1.165, 1.54) is 19.2 Å². The van der Waals surface area contributed by atoms with Gasteiger partial charge in [0, 0.05) is 12.1 Å². The highest BCUT2D eigenvalue weighted by Crippen LogP contribution is 2.36. The van der Waals surface area contributed by atoms with Gasteiger partial charge in [-0.3, -0.25) is 4.55 Å². The van der Waals surface area contributed by atoms with E-state index in [4.69, 9.17) is 19.8 Å². The van der Waals surface area contributed by atoms with Crippen molar-refractivity contribution < 1.29 is 32.7 Å². The van der Waals surface area contributed by atoms with Crippen LogP contribution in [0, 0.1) is 12.3 Å². The van der Waals surface area contributed by atoms with Crippen LogP contribution in [0.25, 0.3) is 4.98 Å². The zero-order valence-corrected chi connectivity index (χ0v) is 14.8. The van der Waals surface area contributed by atoms with Gasteiger partial charge in [0.2, 0.25) is 11.1 Å². The topological polar surface area (TPSA) is 174 Å². The molecule has 0 saturated heterocycles. The molecule has 0 aliphatic rings. The van der Waals surface area contributed by atoms with E-state index < -0.39 is 32.3 Å². The molecule has 12 heteroatoms. The second-order valence-corrected chi connectivity index (χ2v) is 6.62. The zero-order chi connectivity index (χ0) is 20.4. The molecule has 0 saturated carbocycles. The molecule has 0 amide bonds. The monoisotopic (exact) mass is 393 g/mol. The minimum absolute atomic E-state index is 0.153. The number of ether oxygens (including phenoxy) is 1. The molecule has 0 fully saturated rings. The number of phenols is 1. The highest BCUT2D eigenvalue weighted by molar-refractivity contribution is 7.86. The molecule has 2 aromatic carbocycles. The van der Waals surface area contributed by atoms with Gasteiger partial charge in [-0.25, -0.2) is 4.79 Å². The first kappa shape index (κ1) is 19.8. The minimum Gasteiger partial charge on any atom is -0.506 e. The first-order valence-electron chi connectivity index (χ1n) is 7.11. The van der Waals surface area contributed by atoms with Crippen molar-refractivity contribution in [3.05, 3.63) is 40.4 Å². The summed E-state index contributed by atoms with van der Waals surface area (Å²) in [5, 5.41) is 35.4. The molecule has 0 bridgehead atoms. The second kappa shape index (κ2) is 7.36. The number of aryl methyl sites for hydroxylation is 1. The van der Waals surface area contributed by atoms with Gasteiger partial charge in [0.25, 0.3) is 10.1 Å². The number of aromatic carboxylic acids is 1. The Hall–Kier alpha value is -3.56. The molecule has 3 N–H and O–H groups in total. The van der Waals surface area contributed by atoms with E-state index in [-0.39, 0.29) is 22.8 Å². The average Bonchev–Trinajstić information content (AvgIpc) is 2.59. The number of aromatic hydroxyl groups is 1. The molecule has 0 radical (unpaired) electrons. The summed E-state index contributed by atoms with van der Waals surface area (Å²) in [6, 6.07) is 4.51. The summed E-state index contributed by atoms with van der Waals surface area (Å²) in [5.74, 6) is -2.55. The number of hydrogen-bond donors (Lipinski definition) is 3. The summed E-state index contributed by atoms with van der Waals surface area (Å²) < 4.78 is 36.9. The number of diazo groups is 1. The van der Waals surface area contributed by atoms with Crippen molar-refractivity contribution in [2.24, 2.45) is 10.2 Å². The lowest BCUT2D eigenvalue weighted by atomic mass is 10.1. The summed E-state index contributed by atoms with van der Waals surface area (Å²) in [7, 11) is -3.55. The lowest BCUT2D eigenvalue weighted by Gasteiger charge is -2.06. The number of benzene rings is 2. The molecule has 0 spiro atoms. The Kier molecular flexibility index (Phi) is 5.39. The summed E-state index contributed by atoms with van der Waals surface area (Å²) in [6.45, 7) is 1.63. The maximum absolute atomic E-state index is 11.3. The number of hydrogen-bond acceptors (Lipinski definition) is 8. The van der Waals surface area contributed by atoms with Gasteiger partial charge in [0.15, 0.2) is 10.7 Å². The Labute approximate surface area is 152 Å². The van der Waals surface area contributed by atoms with E-state index in [2.05, 4.69) is 15.2 Å². The molecule has 11 nitrogen and oxygen atoms in total. The molecule has 140 valence electrons. The number of methoxy groups -OCH3 is 1. The molecule has 27 heavy (non-hydrogen) atoms. The van der Waals surface area contributed by atoms with Crippen molar-refractivity contribution in [2.75, 3.05) is 7.11 Å². The predicted molar refractivity (Wildman–Crippen MR) is 91.5 cm³/mol. The van der Waals surface area contributed by atoms with Crippen LogP contribution in [0.1, 0.15) is 15.9 Å². The average molecular weight is 393 g/mol. The maximum atomic E-state index is 11.3. The molecule has 0 heterocycles. The van der Waals surface area contributed by atoms with Crippen LogP contribution in [-0.4, -0.2) is 36.3 Å². The van der Waals surface area contributed by atoms with Crippen LogP contribution in [-0.2, 0) is 10.1 Å². The second-order valence-electron chi connectivity index (χ2n) is 5.23. The van der Waals surface area contributed by atoms with Gasteiger partial charge in [0.05, 0.1) is 18.5 Å². The van der Waals surface area contributed by atoms with Crippen molar-refractivity contribution >= 4 is 33.1 Å². The molecule has 0 atom stereocenters. The van der Waals surface area contributed by atoms with Crippen LogP contribution in [0.5, 0.6) is 11.5 Å². The van der Waals surface area contributed by atoms with E-state index in [0.29, 0.717) is 5.56 Å². The van der Waals surface area contributed by atoms with Crippen molar-refractivity contribution in [1.82, 2.24) is 0 Å². The van der Waals surface area contributed by atoms with Gasteiger partial charge in [0.1, 0.15) is 10.5 Å². The number of carboxylic acids is 1. The molecule has 2 aromatic rings. The Balaban J connectivity index is 2.60. The number of nitrogens with zero attached hydrogens (tertiary/aromatic N) is 4. The lowest BCUT2D eigenvalue weighted by molar-refractivity contribution is 0.0693. The Bertz CT molecular complexity index is 1100. The quantitative estimate of drug-likeness (QED) is 0.392. The van der Waals surface area contributed by atoms with Gasteiger partial charge in [-0.1, -0.05) is 0 Å². The van der Waals surface area contributed by atoms with E-state index in [9.17, 15) is 18.3 Å². The third kappa shape index (κ3) is 4.17. The van der Waals surface area contributed by atoms with Crippen LogP contribution in [0.3, 0.4) is 0 Å². The van der Waals surface area contributed by atoms with Crippen molar-refractivity contribution in [3.8, 4) is 11.5 Å². The summed E-state index contributed by atoms with van der Waals surface area (Å²) in [6.07, 6.45) is 0. The van der Waals surface area contributed by atoms with Crippen LogP contribution in [0.2, 0.25) is 0 Å². The van der Waals surface area contributed by atoms with Crippen LogP contribution >= 0.6 is 0 Å². The normalized spacial score (nSPS) is 11.3. The van der Waals surface area contributed by atoms with Crippen LogP contribution in [0.4, 0.5) is 17.1 Å². The number of rotatable bonds is 5. The summed E-state index contributed by atoms with van der Waals surface area (Å²) in [5.41, 5.74) is -0.0764. The molecule has 0 aliphatic carbocycles. The van der Waals surface area contributed by atoms with Crippen LogP contribution < -0.4 is 4.74 Å². The first-order chi connectivity index (χ1) is 12.6. The standard InChI is InChI=1S/C15H12N4O7S/c1-7-3-11(17-16)12(26-2)6-10(7)19-18-8-4-9(15(21)22)14(20)13(5-8)27(23,24)25/h3-6H,1-2H3,(H2-,19,20,21,22,23,24,25)/p+1. The molecule has 0 aliphatic heterocycles. The Morgan fingerprint density at radius 3 is 2.41 bits per heavy atom. The smallest absolute Gasteiger partial charge is 0.426 e. The van der Waals surface area contributed by atoms with Crippen molar-refractivity contribution in [3.63, 3.8) is 0 Å². The van der Waals surface area contributed by atoms with E-state index >= 15 is 0 Å². The summed E-state index contributed by atoms with van der Waals surface area (Å²) >= 11 is 0. The molecular formula is C15H13N4O7S+. The Morgan fingerprint density at radius 1 is 1.22 bits per heavy atom. The largest absolute Gasteiger partial charge is 0.506 e. The fraction of sp³-hybridized carbons (Fsp3) is 0.133. The number of carbonyl (C=O) groups is 1. The van der Waals surface area contributed by atoms with Gasteiger partial charge in [-0.2, -0.15) is 18.6 Å². The van der Waals surface area contributed by atoms with Gasteiger partial charge in [-0.15, -0.1) is 0 Å². The summed E-state index contributed by atoms with van der Waals surface area (Å²) in [4.78, 5) is 13.2. The number of azo groups is 1. The molecular weight excluding hydrogens is 380 g/mol. The van der Waals surface area contributed by atoms with Crippen LogP contribution in [0.15, 0.2) is 39.4 Å².